The number of hydrogen-bond donors (Lipinski definition) is 0. The molecule has 24 heavy (non-hydrogen) atoms. The van der Waals surface area contributed by atoms with Crippen LogP contribution in [0.4, 0.5) is 4.39 Å². The van der Waals surface area contributed by atoms with Crippen molar-refractivity contribution < 1.29 is 13.9 Å². The van der Waals surface area contributed by atoms with E-state index in [1.54, 1.807) is 25.1 Å². The van der Waals surface area contributed by atoms with E-state index in [2.05, 4.69) is 11.5 Å². The molecule has 1 heterocycles. The predicted octanol–water partition coefficient (Wildman–Crippen LogP) is 4.62. The van der Waals surface area contributed by atoms with Gasteiger partial charge in [-0.3, -0.25) is 0 Å². The number of carbonyl (C=O) groups is 1. The molecule has 0 radical (unpaired) electrons. The Bertz CT molecular complexity index is 894. The van der Waals surface area contributed by atoms with Crippen molar-refractivity contribution in [2.24, 2.45) is 0 Å². The molecule has 4 heteroatoms. The summed E-state index contributed by atoms with van der Waals surface area (Å²) in [6.45, 7) is 6.93. The van der Waals surface area contributed by atoms with Gasteiger partial charge in [-0.2, -0.15) is 0 Å². The minimum atomic E-state index is -0.303. The van der Waals surface area contributed by atoms with E-state index >= 15 is 0 Å². The molecule has 0 spiro atoms. The van der Waals surface area contributed by atoms with Crippen LogP contribution in [-0.2, 0) is 11.3 Å². The minimum Gasteiger partial charge on any atom is -0.462 e. The lowest BCUT2D eigenvalue weighted by Crippen LogP contribution is -2.05. The van der Waals surface area contributed by atoms with Crippen molar-refractivity contribution in [2.45, 2.75) is 27.3 Å². The van der Waals surface area contributed by atoms with Gasteiger partial charge < -0.3 is 9.30 Å². The van der Waals surface area contributed by atoms with Crippen LogP contribution in [0.25, 0.3) is 10.9 Å². The van der Waals surface area contributed by atoms with E-state index in [0.717, 1.165) is 27.7 Å². The Morgan fingerprint density at radius 2 is 1.83 bits per heavy atom. The Morgan fingerprint density at radius 3 is 2.50 bits per heavy atom. The van der Waals surface area contributed by atoms with E-state index in [1.807, 2.05) is 19.1 Å². The highest BCUT2D eigenvalue weighted by Gasteiger charge is 2.14. The van der Waals surface area contributed by atoms with Crippen LogP contribution in [0.5, 0.6) is 0 Å². The zero-order valence-electron chi connectivity index (χ0n) is 14.1. The SMILES string of the molecule is CCOC(=O)c1ccc2c(c1)c(C)c(C)n2Cc1ccc(F)cc1. The fourth-order valence-electron chi connectivity index (χ4n) is 2.97. The smallest absolute Gasteiger partial charge is 0.338 e. The summed E-state index contributed by atoms with van der Waals surface area (Å²) in [4.78, 5) is 11.9. The molecular weight excluding hydrogens is 305 g/mol. The second kappa shape index (κ2) is 6.48. The fraction of sp³-hybridized carbons (Fsp3) is 0.250. The maximum absolute atomic E-state index is 13.1. The molecule has 0 aliphatic heterocycles. The third-order valence-electron chi connectivity index (χ3n) is 4.40. The number of nitrogens with zero attached hydrogens (tertiary/aromatic N) is 1. The molecule has 0 aliphatic rings. The molecule has 3 rings (SSSR count). The van der Waals surface area contributed by atoms with Gasteiger partial charge >= 0.3 is 5.97 Å². The number of carbonyl (C=O) groups excluding carboxylic acids is 1. The standard InChI is InChI=1S/C20H20FNO2/c1-4-24-20(23)16-7-10-19-18(11-16)13(2)14(3)22(19)12-15-5-8-17(21)9-6-15/h5-11H,4,12H2,1-3H3. The minimum absolute atomic E-state index is 0.233. The van der Waals surface area contributed by atoms with Gasteiger partial charge in [0.25, 0.3) is 0 Å². The monoisotopic (exact) mass is 325 g/mol. The first-order chi connectivity index (χ1) is 11.5. The number of rotatable bonds is 4. The summed E-state index contributed by atoms with van der Waals surface area (Å²) in [6.07, 6.45) is 0. The zero-order chi connectivity index (χ0) is 17.3. The van der Waals surface area contributed by atoms with Gasteiger partial charge in [-0.05, 0) is 62.2 Å². The molecule has 0 N–H and O–H groups in total. The first-order valence-corrected chi connectivity index (χ1v) is 8.02. The topological polar surface area (TPSA) is 31.2 Å². The molecule has 0 unspecified atom stereocenters. The van der Waals surface area contributed by atoms with E-state index < -0.39 is 0 Å². The maximum Gasteiger partial charge on any atom is 0.338 e. The third-order valence-corrected chi connectivity index (χ3v) is 4.40. The highest BCUT2D eigenvalue weighted by molar-refractivity contribution is 5.96. The number of benzene rings is 2. The Labute approximate surface area is 140 Å². The summed E-state index contributed by atoms with van der Waals surface area (Å²) in [7, 11) is 0. The molecule has 3 aromatic rings. The maximum atomic E-state index is 13.1. The molecule has 0 bridgehead atoms. The van der Waals surface area contributed by atoms with Gasteiger partial charge in [0.15, 0.2) is 0 Å². The summed E-state index contributed by atoms with van der Waals surface area (Å²) in [5, 5.41) is 1.04. The largest absolute Gasteiger partial charge is 0.462 e. The zero-order valence-corrected chi connectivity index (χ0v) is 14.1. The highest BCUT2D eigenvalue weighted by Crippen LogP contribution is 2.27. The van der Waals surface area contributed by atoms with Crippen molar-refractivity contribution in [3.63, 3.8) is 0 Å². The summed E-state index contributed by atoms with van der Waals surface area (Å²) in [6, 6.07) is 12.2. The van der Waals surface area contributed by atoms with E-state index in [9.17, 15) is 9.18 Å². The summed E-state index contributed by atoms with van der Waals surface area (Å²) in [5.41, 5.74) is 4.92. The normalized spacial score (nSPS) is 11.0. The Morgan fingerprint density at radius 1 is 1.12 bits per heavy atom. The van der Waals surface area contributed by atoms with Crippen LogP contribution < -0.4 is 0 Å². The average Bonchev–Trinajstić information content (AvgIpc) is 2.81. The summed E-state index contributed by atoms with van der Waals surface area (Å²) < 4.78 is 20.4. The average molecular weight is 325 g/mol. The van der Waals surface area contributed by atoms with Gasteiger partial charge in [-0.1, -0.05) is 12.1 Å². The molecule has 0 atom stereocenters. The Balaban J connectivity index is 2.04. The van der Waals surface area contributed by atoms with E-state index in [4.69, 9.17) is 4.74 Å². The van der Waals surface area contributed by atoms with Crippen LogP contribution in [0, 0.1) is 19.7 Å². The quantitative estimate of drug-likeness (QED) is 0.655. The Kier molecular flexibility index (Phi) is 4.38. The van der Waals surface area contributed by atoms with Gasteiger partial charge in [0, 0.05) is 23.1 Å². The highest BCUT2D eigenvalue weighted by atomic mass is 19.1. The van der Waals surface area contributed by atoms with Gasteiger partial charge in [0.2, 0.25) is 0 Å². The van der Waals surface area contributed by atoms with Crippen LogP contribution in [-0.4, -0.2) is 17.1 Å². The number of aromatic nitrogens is 1. The van der Waals surface area contributed by atoms with Crippen LogP contribution in [0.3, 0.4) is 0 Å². The number of esters is 1. The van der Waals surface area contributed by atoms with Gasteiger partial charge in [0.1, 0.15) is 5.82 Å². The lowest BCUT2D eigenvalue weighted by atomic mass is 10.1. The van der Waals surface area contributed by atoms with E-state index in [0.29, 0.717) is 18.7 Å². The summed E-state index contributed by atoms with van der Waals surface area (Å²) in [5.74, 6) is -0.536. The van der Waals surface area contributed by atoms with Crippen molar-refractivity contribution in [1.82, 2.24) is 4.57 Å². The van der Waals surface area contributed by atoms with Crippen LogP contribution in [0.2, 0.25) is 0 Å². The molecular formula is C20H20FNO2. The number of fused-ring (bicyclic) bond motifs is 1. The van der Waals surface area contributed by atoms with Crippen LogP contribution in [0.15, 0.2) is 42.5 Å². The van der Waals surface area contributed by atoms with Crippen LogP contribution >= 0.6 is 0 Å². The first-order valence-electron chi connectivity index (χ1n) is 8.02. The number of hydrogen-bond acceptors (Lipinski definition) is 2. The van der Waals surface area contributed by atoms with Crippen molar-refractivity contribution in [2.75, 3.05) is 6.61 Å². The van der Waals surface area contributed by atoms with Crippen molar-refractivity contribution in [3.8, 4) is 0 Å². The molecule has 2 aromatic carbocycles. The molecule has 3 nitrogen and oxygen atoms in total. The fourth-order valence-corrected chi connectivity index (χ4v) is 2.97. The second-order valence-corrected chi connectivity index (χ2v) is 5.88. The molecule has 0 amide bonds. The number of aryl methyl sites for hydroxylation is 1. The summed E-state index contributed by atoms with van der Waals surface area (Å²) >= 11 is 0. The Hall–Kier alpha value is -2.62. The van der Waals surface area contributed by atoms with E-state index in [1.165, 1.54) is 12.1 Å². The molecule has 0 fully saturated rings. The molecule has 0 saturated heterocycles. The molecule has 124 valence electrons. The van der Waals surface area contributed by atoms with Gasteiger partial charge in [-0.15, -0.1) is 0 Å². The number of halogens is 1. The first kappa shape index (κ1) is 16.2. The number of ether oxygens (including phenoxy) is 1. The molecule has 0 aliphatic carbocycles. The van der Waals surface area contributed by atoms with Crippen molar-refractivity contribution in [1.29, 1.82) is 0 Å². The van der Waals surface area contributed by atoms with Crippen molar-refractivity contribution in [3.05, 3.63) is 70.7 Å². The van der Waals surface area contributed by atoms with Gasteiger partial charge in [0.05, 0.1) is 12.2 Å². The third kappa shape index (κ3) is 2.92. The van der Waals surface area contributed by atoms with Gasteiger partial charge in [-0.25, -0.2) is 9.18 Å². The lowest BCUT2D eigenvalue weighted by molar-refractivity contribution is 0.0526. The van der Waals surface area contributed by atoms with Crippen LogP contribution in [0.1, 0.15) is 34.1 Å². The van der Waals surface area contributed by atoms with E-state index in [-0.39, 0.29) is 11.8 Å². The molecule has 1 aromatic heterocycles. The molecule has 0 saturated carbocycles. The lowest BCUT2D eigenvalue weighted by Gasteiger charge is -2.09. The second-order valence-electron chi connectivity index (χ2n) is 5.88. The predicted molar refractivity (Wildman–Crippen MR) is 92.9 cm³/mol. The van der Waals surface area contributed by atoms with Crippen molar-refractivity contribution >= 4 is 16.9 Å².